The lowest BCUT2D eigenvalue weighted by Gasteiger charge is -2.02. The van der Waals surface area contributed by atoms with E-state index in [9.17, 15) is 4.39 Å². The van der Waals surface area contributed by atoms with Gasteiger partial charge in [-0.05, 0) is 35.0 Å². The van der Waals surface area contributed by atoms with Crippen LogP contribution in [-0.4, -0.2) is 9.78 Å². The van der Waals surface area contributed by atoms with E-state index in [4.69, 9.17) is 0 Å². The Hall–Kier alpha value is -1.16. The van der Waals surface area contributed by atoms with Crippen molar-refractivity contribution in [3.05, 3.63) is 40.2 Å². The highest BCUT2D eigenvalue weighted by Crippen LogP contribution is 2.30. The first-order valence-corrected chi connectivity index (χ1v) is 5.34. The molecule has 2 aromatic rings. The molecule has 0 saturated carbocycles. The van der Waals surface area contributed by atoms with Crippen LogP contribution in [0.25, 0.3) is 11.3 Å². The van der Waals surface area contributed by atoms with Gasteiger partial charge in [0.25, 0.3) is 0 Å². The van der Waals surface area contributed by atoms with Crippen LogP contribution >= 0.6 is 15.9 Å². The first-order valence-electron chi connectivity index (χ1n) is 4.54. The van der Waals surface area contributed by atoms with E-state index in [2.05, 4.69) is 21.0 Å². The minimum atomic E-state index is -0.238. The van der Waals surface area contributed by atoms with Crippen LogP contribution in [0.15, 0.2) is 28.7 Å². The van der Waals surface area contributed by atoms with Gasteiger partial charge in [0.1, 0.15) is 5.82 Å². The summed E-state index contributed by atoms with van der Waals surface area (Å²) < 4.78 is 15.7. The van der Waals surface area contributed by atoms with E-state index in [-0.39, 0.29) is 5.82 Å². The fourth-order valence-electron chi connectivity index (χ4n) is 1.58. The number of rotatable bonds is 1. The van der Waals surface area contributed by atoms with Crippen molar-refractivity contribution in [2.75, 3.05) is 0 Å². The van der Waals surface area contributed by atoms with Gasteiger partial charge in [-0.1, -0.05) is 12.1 Å². The Morgan fingerprint density at radius 3 is 2.67 bits per heavy atom. The van der Waals surface area contributed by atoms with Gasteiger partial charge in [0, 0.05) is 12.6 Å². The SMILES string of the molecule is Cc1nn(C)c(-c2cccc(F)c2)c1Br. The molecule has 15 heavy (non-hydrogen) atoms. The molecule has 1 aromatic heterocycles. The predicted octanol–water partition coefficient (Wildman–Crippen LogP) is 3.30. The zero-order valence-electron chi connectivity index (χ0n) is 8.46. The van der Waals surface area contributed by atoms with Crippen molar-refractivity contribution in [1.29, 1.82) is 0 Å². The van der Waals surface area contributed by atoms with Gasteiger partial charge in [-0.3, -0.25) is 4.68 Å². The first kappa shape index (κ1) is 10.4. The Balaban J connectivity index is 2.63. The van der Waals surface area contributed by atoms with Crippen molar-refractivity contribution in [3.8, 4) is 11.3 Å². The summed E-state index contributed by atoms with van der Waals surface area (Å²) in [6, 6.07) is 6.49. The Kier molecular flexibility index (Phi) is 2.61. The highest BCUT2D eigenvalue weighted by atomic mass is 79.9. The first-order chi connectivity index (χ1) is 7.09. The number of aryl methyl sites for hydroxylation is 2. The molecule has 0 amide bonds. The van der Waals surface area contributed by atoms with E-state index in [0.717, 1.165) is 21.4 Å². The summed E-state index contributed by atoms with van der Waals surface area (Å²) in [7, 11) is 1.85. The topological polar surface area (TPSA) is 17.8 Å². The third-order valence-corrected chi connectivity index (χ3v) is 3.20. The Morgan fingerprint density at radius 1 is 1.40 bits per heavy atom. The zero-order valence-corrected chi connectivity index (χ0v) is 10.0. The quantitative estimate of drug-likeness (QED) is 0.776. The van der Waals surface area contributed by atoms with Crippen LogP contribution in [0, 0.1) is 12.7 Å². The van der Waals surface area contributed by atoms with Crippen molar-refractivity contribution in [2.24, 2.45) is 7.05 Å². The maximum Gasteiger partial charge on any atom is 0.123 e. The summed E-state index contributed by atoms with van der Waals surface area (Å²) >= 11 is 3.46. The Morgan fingerprint density at radius 2 is 2.13 bits per heavy atom. The molecular weight excluding hydrogens is 259 g/mol. The number of nitrogens with zero attached hydrogens (tertiary/aromatic N) is 2. The highest BCUT2D eigenvalue weighted by Gasteiger charge is 2.12. The van der Waals surface area contributed by atoms with E-state index in [0.29, 0.717) is 0 Å². The fraction of sp³-hybridized carbons (Fsp3) is 0.182. The van der Waals surface area contributed by atoms with E-state index in [1.807, 2.05) is 20.0 Å². The van der Waals surface area contributed by atoms with E-state index >= 15 is 0 Å². The third-order valence-electron chi connectivity index (χ3n) is 2.25. The minimum Gasteiger partial charge on any atom is -0.266 e. The average molecular weight is 269 g/mol. The molecule has 0 atom stereocenters. The minimum absolute atomic E-state index is 0.238. The van der Waals surface area contributed by atoms with Gasteiger partial charge in [0.05, 0.1) is 15.9 Å². The smallest absolute Gasteiger partial charge is 0.123 e. The van der Waals surface area contributed by atoms with Gasteiger partial charge < -0.3 is 0 Å². The molecule has 0 saturated heterocycles. The second-order valence-electron chi connectivity index (χ2n) is 3.38. The summed E-state index contributed by atoms with van der Waals surface area (Å²) in [5.74, 6) is -0.238. The number of halogens is 2. The molecule has 2 rings (SSSR count). The van der Waals surface area contributed by atoms with Crippen LogP contribution in [0.1, 0.15) is 5.69 Å². The monoisotopic (exact) mass is 268 g/mol. The van der Waals surface area contributed by atoms with Gasteiger partial charge in [-0.15, -0.1) is 0 Å². The maximum absolute atomic E-state index is 13.1. The Bertz CT molecular complexity index is 505. The summed E-state index contributed by atoms with van der Waals surface area (Å²) in [6.45, 7) is 1.91. The van der Waals surface area contributed by atoms with Gasteiger partial charge in [-0.25, -0.2) is 4.39 Å². The van der Waals surface area contributed by atoms with Crippen molar-refractivity contribution in [3.63, 3.8) is 0 Å². The predicted molar refractivity (Wildman–Crippen MR) is 61.0 cm³/mol. The number of hydrogen-bond acceptors (Lipinski definition) is 1. The molecular formula is C11H10BrFN2. The zero-order chi connectivity index (χ0) is 11.0. The van der Waals surface area contributed by atoms with Gasteiger partial charge >= 0.3 is 0 Å². The molecule has 2 nitrogen and oxygen atoms in total. The van der Waals surface area contributed by atoms with Crippen LogP contribution in [0.4, 0.5) is 4.39 Å². The third kappa shape index (κ3) is 1.81. The molecule has 1 aromatic carbocycles. The molecule has 0 aliphatic carbocycles. The number of hydrogen-bond donors (Lipinski definition) is 0. The average Bonchev–Trinajstić information content (AvgIpc) is 2.41. The Labute approximate surface area is 95.9 Å². The normalized spacial score (nSPS) is 10.7. The molecule has 0 spiro atoms. The molecule has 0 N–H and O–H groups in total. The molecule has 78 valence electrons. The maximum atomic E-state index is 13.1. The summed E-state index contributed by atoms with van der Waals surface area (Å²) in [5.41, 5.74) is 2.62. The highest BCUT2D eigenvalue weighted by molar-refractivity contribution is 9.10. The van der Waals surface area contributed by atoms with Crippen molar-refractivity contribution < 1.29 is 4.39 Å². The van der Waals surface area contributed by atoms with Crippen LogP contribution in [0.5, 0.6) is 0 Å². The van der Waals surface area contributed by atoms with Crippen LogP contribution < -0.4 is 0 Å². The van der Waals surface area contributed by atoms with Gasteiger partial charge in [0.15, 0.2) is 0 Å². The summed E-state index contributed by atoms with van der Waals surface area (Å²) in [5, 5.41) is 4.26. The van der Waals surface area contributed by atoms with Crippen molar-refractivity contribution in [1.82, 2.24) is 9.78 Å². The van der Waals surface area contributed by atoms with Crippen LogP contribution in [0.3, 0.4) is 0 Å². The second kappa shape index (κ2) is 3.77. The summed E-state index contributed by atoms with van der Waals surface area (Å²) in [6.07, 6.45) is 0. The number of aromatic nitrogens is 2. The molecule has 0 aliphatic rings. The lowest BCUT2D eigenvalue weighted by molar-refractivity contribution is 0.628. The molecule has 0 fully saturated rings. The largest absolute Gasteiger partial charge is 0.266 e. The van der Waals surface area contributed by atoms with E-state index in [1.54, 1.807) is 10.7 Å². The van der Waals surface area contributed by atoms with Crippen LogP contribution in [0.2, 0.25) is 0 Å². The molecule has 1 heterocycles. The summed E-state index contributed by atoms with van der Waals surface area (Å²) in [4.78, 5) is 0. The van der Waals surface area contributed by atoms with E-state index < -0.39 is 0 Å². The standard InChI is InChI=1S/C11H10BrFN2/c1-7-10(12)11(15(2)14-7)8-4-3-5-9(13)6-8/h3-6H,1-2H3. The van der Waals surface area contributed by atoms with Gasteiger partial charge in [-0.2, -0.15) is 5.10 Å². The molecule has 0 radical (unpaired) electrons. The van der Waals surface area contributed by atoms with E-state index in [1.165, 1.54) is 12.1 Å². The van der Waals surface area contributed by atoms with Crippen LogP contribution in [-0.2, 0) is 7.05 Å². The van der Waals surface area contributed by atoms with Crippen molar-refractivity contribution in [2.45, 2.75) is 6.92 Å². The second-order valence-corrected chi connectivity index (χ2v) is 4.17. The molecule has 0 aliphatic heterocycles. The van der Waals surface area contributed by atoms with Gasteiger partial charge in [0.2, 0.25) is 0 Å². The lowest BCUT2D eigenvalue weighted by atomic mass is 10.1. The lowest BCUT2D eigenvalue weighted by Crippen LogP contribution is -1.94. The fourth-order valence-corrected chi connectivity index (χ4v) is 2.15. The molecule has 0 bridgehead atoms. The van der Waals surface area contributed by atoms with Crippen molar-refractivity contribution >= 4 is 15.9 Å². The molecule has 4 heteroatoms. The molecule has 0 unspecified atom stereocenters. The number of benzene rings is 1.